The number of nitrogens with zero attached hydrogens (tertiary/aromatic N) is 3. The van der Waals surface area contributed by atoms with Crippen molar-refractivity contribution >= 4 is 5.82 Å². The molecule has 128 valence electrons. The van der Waals surface area contributed by atoms with Crippen molar-refractivity contribution in [3.8, 4) is 5.88 Å². The van der Waals surface area contributed by atoms with Gasteiger partial charge < -0.3 is 15.4 Å². The lowest BCUT2D eigenvalue weighted by Gasteiger charge is -2.25. The Bertz CT molecular complexity index is 648. The fourth-order valence-corrected chi connectivity index (χ4v) is 3.51. The van der Waals surface area contributed by atoms with E-state index in [1.807, 2.05) is 29.2 Å². The van der Waals surface area contributed by atoms with Gasteiger partial charge in [0, 0.05) is 50.4 Å². The first-order valence-electron chi connectivity index (χ1n) is 8.95. The number of pyridine rings is 1. The first kappa shape index (κ1) is 15.4. The van der Waals surface area contributed by atoms with Crippen LogP contribution in [0.25, 0.3) is 0 Å². The quantitative estimate of drug-likeness (QED) is 0.853. The second-order valence-corrected chi connectivity index (χ2v) is 6.81. The van der Waals surface area contributed by atoms with E-state index in [9.17, 15) is 0 Å². The summed E-state index contributed by atoms with van der Waals surface area (Å²) in [6.07, 6.45) is 9.02. The summed E-state index contributed by atoms with van der Waals surface area (Å²) in [5.74, 6) is 2.43. The van der Waals surface area contributed by atoms with E-state index in [1.165, 1.54) is 31.2 Å². The number of rotatable bonds is 6. The molecule has 1 fully saturated rings. The average Bonchev–Trinajstić information content (AvgIpc) is 3.27. The molecule has 0 bridgehead atoms. The third-order valence-corrected chi connectivity index (χ3v) is 4.87. The second-order valence-electron chi connectivity index (χ2n) is 6.81. The van der Waals surface area contributed by atoms with Crippen LogP contribution in [0.15, 0.2) is 30.6 Å². The van der Waals surface area contributed by atoms with Crippen molar-refractivity contribution in [3.05, 3.63) is 36.2 Å². The molecular weight excluding hydrogens is 302 g/mol. The molecule has 2 aromatic heterocycles. The Morgan fingerprint density at radius 3 is 3.00 bits per heavy atom. The van der Waals surface area contributed by atoms with Gasteiger partial charge in [-0.05, 0) is 31.2 Å². The van der Waals surface area contributed by atoms with E-state index in [0.717, 1.165) is 37.9 Å². The van der Waals surface area contributed by atoms with Crippen molar-refractivity contribution in [1.82, 2.24) is 20.1 Å². The molecule has 1 atom stereocenters. The van der Waals surface area contributed by atoms with Crippen molar-refractivity contribution in [2.24, 2.45) is 5.92 Å². The van der Waals surface area contributed by atoms with Crippen LogP contribution in [0.3, 0.4) is 0 Å². The van der Waals surface area contributed by atoms with Gasteiger partial charge in [0.15, 0.2) is 0 Å². The molecule has 24 heavy (non-hydrogen) atoms. The fraction of sp³-hybridized carbons (Fsp3) is 0.556. The maximum atomic E-state index is 5.91. The van der Waals surface area contributed by atoms with Crippen molar-refractivity contribution in [3.63, 3.8) is 0 Å². The summed E-state index contributed by atoms with van der Waals surface area (Å²) in [6.45, 7) is 3.76. The molecule has 4 rings (SSSR count). The van der Waals surface area contributed by atoms with E-state index in [1.54, 1.807) is 0 Å². The van der Waals surface area contributed by atoms with E-state index >= 15 is 0 Å². The molecule has 3 heterocycles. The van der Waals surface area contributed by atoms with Gasteiger partial charge in [-0.2, -0.15) is 5.10 Å². The van der Waals surface area contributed by atoms with Crippen LogP contribution in [0.4, 0.5) is 5.82 Å². The highest BCUT2D eigenvalue weighted by atomic mass is 16.5. The zero-order valence-electron chi connectivity index (χ0n) is 13.9. The van der Waals surface area contributed by atoms with Crippen LogP contribution in [-0.4, -0.2) is 34.0 Å². The highest BCUT2D eigenvalue weighted by Crippen LogP contribution is 2.23. The Morgan fingerprint density at radius 1 is 1.25 bits per heavy atom. The molecule has 2 aliphatic rings. The molecule has 0 unspecified atom stereocenters. The highest BCUT2D eigenvalue weighted by molar-refractivity contribution is 5.35. The van der Waals surface area contributed by atoms with E-state index in [4.69, 9.17) is 4.74 Å². The molecule has 1 aliphatic heterocycles. The molecule has 0 saturated heterocycles. The number of hydrogen-bond acceptors (Lipinski definition) is 5. The Balaban J connectivity index is 1.21. The molecule has 0 radical (unpaired) electrons. The molecule has 6 nitrogen and oxygen atoms in total. The zero-order chi connectivity index (χ0) is 16.2. The molecule has 0 spiro atoms. The van der Waals surface area contributed by atoms with Crippen LogP contribution in [0.1, 0.15) is 31.2 Å². The van der Waals surface area contributed by atoms with Crippen molar-refractivity contribution in [1.29, 1.82) is 0 Å². The second kappa shape index (κ2) is 7.21. The molecule has 1 saturated carbocycles. The van der Waals surface area contributed by atoms with Gasteiger partial charge in [-0.15, -0.1) is 0 Å². The summed E-state index contributed by atoms with van der Waals surface area (Å²) >= 11 is 0. The highest BCUT2D eigenvalue weighted by Gasteiger charge is 2.18. The van der Waals surface area contributed by atoms with Crippen LogP contribution in [0.2, 0.25) is 0 Å². The maximum Gasteiger partial charge on any atom is 0.213 e. The summed E-state index contributed by atoms with van der Waals surface area (Å²) < 4.78 is 7.94. The lowest BCUT2D eigenvalue weighted by molar-refractivity contribution is 0.201. The molecular formula is C18H25N5O. The number of fused-ring (bicyclic) bond motifs is 1. The maximum absolute atomic E-state index is 5.91. The van der Waals surface area contributed by atoms with Crippen molar-refractivity contribution < 1.29 is 4.74 Å². The third-order valence-electron chi connectivity index (χ3n) is 4.87. The zero-order valence-corrected chi connectivity index (χ0v) is 13.9. The van der Waals surface area contributed by atoms with Gasteiger partial charge in [0.25, 0.3) is 0 Å². The van der Waals surface area contributed by atoms with Crippen molar-refractivity contribution in [2.75, 3.05) is 18.4 Å². The molecule has 0 amide bonds. The Labute approximate surface area is 142 Å². The predicted octanol–water partition coefficient (Wildman–Crippen LogP) is 2.43. The van der Waals surface area contributed by atoms with Gasteiger partial charge in [-0.3, -0.25) is 0 Å². The normalized spacial score (nSPS) is 20.6. The van der Waals surface area contributed by atoms with E-state index in [2.05, 4.69) is 26.8 Å². The summed E-state index contributed by atoms with van der Waals surface area (Å²) in [5.41, 5.74) is 1.19. The molecule has 6 heteroatoms. The van der Waals surface area contributed by atoms with E-state index in [-0.39, 0.29) is 0 Å². The molecule has 2 N–H and O–H groups in total. The summed E-state index contributed by atoms with van der Waals surface area (Å²) in [5, 5.41) is 11.3. The van der Waals surface area contributed by atoms with E-state index < -0.39 is 0 Å². The summed E-state index contributed by atoms with van der Waals surface area (Å²) in [7, 11) is 0. The standard InChI is InChI=1S/C18H25N5O/c1-2-4-16(3-1)24-18-6-5-14(11-21-18)9-19-10-15-12-20-17-7-8-22-23(17)13-15/h5-8,11,15-16,19-20H,1-4,9-10,12-13H2/t15-/m0/s1. The molecule has 2 aromatic rings. The Kier molecular flexibility index (Phi) is 4.64. The number of ether oxygens (including phenoxy) is 1. The fourth-order valence-electron chi connectivity index (χ4n) is 3.51. The number of hydrogen-bond donors (Lipinski definition) is 2. The molecule has 0 aromatic carbocycles. The SMILES string of the molecule is c1cc2n(n1)C[C@@H](CNCc1ccc(OC3CCCC3)nc1)CN2. The largest absolute Gasteiger partial charge is 0.474 e. The third kappa shape index (κ3) is 3.70. The first-order chi connectivity index (χ1) is 11.9. The monoisotopic (exact) mass is 327 g/mol. The van der Waals surface area contributed by atoms with Gasteiger partial charge in [0.05, 0.1) is 6.20 Å². The van der Waals surface area contributed by atoms with Crippen LogP contribution >= 0.6 is 0 Å². The van der Waals surface area contributed by atoms with Crippen LogP contribution in [0.5, 0.6) is 5.88 Å². The smallest absolute Gasteiger partial charge is 0.213 e. The first-order valence-corrected chi connectivity index (χ1v) is 8.95. The lowest BCUT2D eigenvalue weighted by atomic mass is 10.1. The number of nitrogens with one attached hydrogen (secondary N) is 2. The minimum atomic E-state index is 0.368. The van der Waals surface area contributed by atoms with Gasteiger partial charge in [-0.1, -0.05) is 6.07 Å². The minimum Gasteiger partial charge on any atom is -0.474 e. The van der Waals surface area contributed by atoms with E-state index in [0.29, 0.717) is 12.0 Å². The number of aromatic nitrogens is 3. The molecule has 1 aliphatic carbocycles. The van der Waals surface area contributed by atoms with Crippen molar-refractivity contribution in [2.45, 2.75) is 44.9 Å². The van der Waals surface area contributed by atoms with Crippen LogP contribution < -0.4 is 15.4 Å². The van der Waals surface area contributed by atoms with Gasteiger partial charge in [-0.25, -0.2) is 9.67 Å². The topological polar surface area (TPSA) is 64.0 Å². The summed E-state index contributed by atoms with van der Waals surface area (Å²) in [4.78, 5) is 4.44. The lowest BCUT2D eigenvalue weighted by Crippen LogP contribution is -2.35. The van der Waals surface area contributed by atoms with Gasteiger partial charge >= 0.3 is 0 Å². The van der Waals surface area contributed by atoms with Crippen LogP contribution in [-0.2, 0) is 13.1 Å². The number of anilines is 1. The Hall–Kier alpha value is -2.08. The van der Waals surface area contributed by atoms with Crippen LogP contribution in [0, 0.1) is 5.92 Å². The van der Waals surface area contributed by atoms with Gasteiger partial charge in [0.2, 0.25) is 5.88 Å². The Morgan fingerprint density at radius 2 is 2.17 bits per heavy atom. The average molecular weight is 327 g/mol. The predicted molar refractivity (Wildman–Crippen MR) is 93.0 cm³/mol. The summed E-state index contributed by atoms with van der Waals surface area (Å²) in [6, 6.07) is 6.12. The minimum absolute atomic E-state index is 0.368. The van der Waals surface area contributed by atoms with Gasteiger partial charge in [0.1, 0.15) is 11.9 Å².